The molecule has 1 aliphatic carbocycles. The van der Waals surface area contributed by atoms with Crippen LogP contribution in [0.4, 0.5) is 0 Å². The summed E-state index contributed by atoms with van der Waals surface area (Å²) in [4.78, 5) is 0. The van der Waals surface area contributed by atoms with Gasteiger partial charge in [-0.3, -0.25) is 0 Å². The van der Waals surface area contributed by atoms with Crippen LogP contribution in [-0.2, 0) is 5.41 Å². The molecule has 0 radical (unpaired) electrons. The molecular formula is C49H29NO. The molecule has 1 aliphatic rings. The minimum atomic E-state index is -0.681. The first-order valence-electron chi connectivity index (χ1n) is 17.4. The van der Waals surface area contributed by atoms with E-state index in [0.717, 1.165) is 55.2 Å². The lowest BCUT2D eigenvalue weighted by Gasteiger charge is -2.28. The van der Waals surface area contributed by atoms with Crippen LogP contribution in [0.5, 0.6) is 0 Å². The Bertz CT molecular complexity index is 3100. The van der Waals surface area contributed by atoms with Crippen LogP contribution in [0.1, 0.15) is 22.3 Å². The second-order valence-corrected chi connectivity index (χ2v) is 13.5. The van der Waals surface area contributed by atoms with Crippen molar-refractivity contribution in [2.45, 2.75) is 5.41 Å². The molecule has 2 nitrogen and oxygen atoms in total. The van der Waals surface area contributed by atoms with Crippen molar-refractivity contribution in [1.29, 1.82) is 0 Å². The standard InChI is InChI=1S/C49H29NO/c1-2-14-35(15-3-1)49(29-28-32-22-23-33-12-4-5-13-34(33)30-32)42-19-9-6-16-37(42)38-25-24-36(31-43(38)49)50-44-20-10-7-18-41(44)47-45(50)27-26-40-39-17-8-11-21-46(39)51-48(40)47/h1-27,30-31H. The quantitative estimate of drug-likeness (QED) is 0.171. The van der Waals surface area contributed by atoms with Crippen molar-refractivity contribution in [2.24, 2.45) is 0 Å². The average molecular weight is 648 g/mol. The highest BCUT2D eigenvalue weighted by Crippen LogP contribution is 2.53. The molecule has 0 spiro atoms. The monoisotopic (exact) mass is 647 g/mol. The van der Waals surface area contributed by atoms with E-state index in [1.807, 2.05) is 6.07 Å². The highest BCUT2D eigenvalue weighted by atomic mass is 16.3. The van der Waals surface area contributed by atoms with E-state index in [4.69, 9.17) is 4.42 Å². The number of furan rings is 1. The molecular weight excluding hydrogens is 619 g/mol. The minimum absolute atomic E-state index is 0.681. The van der Waals surface area contributed by atoms with Gasteiger partial charge in [-0.1, -0.05) is 139 Å². The summed E-state index contributed by atoms with van der Waals surface area (Å²) in [5, 5.41) is 6.99. The third-order valence-electron chi connectivity index (χ3n) is 10.8. The van der Waals surface area contributed by atoms with Crippen molar-refractivity contribution >= 4 is 54.5 Å². The number of hydrogen-bond donors (Lipinski definition) is 0. The van der Waals surface area contributed by atoms with E-state index in [2.05, 4.69) is 186 Å². The predicted octanol–water partition coefficient (Wildman–Crippen LogP) is 12.2. The van der Waals surface area contributed by atoms with Crippen LogP contribution in [-0.4, -0.2) is 4.57 Å². The van der Waals surface area contributed by atoms with Crippen LogP contribution in [0.25, 0.3) is 71.3 Å². The third kappa shape index (κ3) is 3.95. The van der Waals surface area contributed by atoms with Gasteiger partial charge in [0.05, 0.1) is 16.4 Å². The molecule has 2 heteroatoms. The van der Waals surface area contributed by atoms with Gasteiger partial charge in [-0.05, 0) is 87.1 Å². The number of hydrogen-bond acceptors (Lipinski definition) is 1. The molecule has 2 heterocycles. The topological polar surface area (TPSA) is 18.1 Å². The molecule has 10 aromatic rings. The van der Waals surface area contributed by atoms with Gasteiger partial charge < -0.3 is 8.98 Å². The van der Waals surface area contributed by atoms with Gasteiger partial charge in [0, 0.05) is 27.4 Å². The van der Waals surface area contributed by atoms with Gasteiger partial charge in [-0.15, -0.1) is 0 Å². The third-order valence-corrected chi connectivity index (χ3v) is 10.8. The summed E-state index contributed by atoms with van der Waals surface area (Å²) in [6, 6.07) is 63.0. The number of rotatable bonds is 2. The SMILES string of the molecule is C(#CC1(c2ccccc2)c2ccccc2-c2ccc(-n3c4ccccc4c4c5oc6ccccc6c5ccc43)cc21)c1ccc2ccccc2c1. The van der Waals surface area contributed by atoms with E-state index in [9.17, 15) is 0 Å². The molecule has 51 heavy (non-hydrogen) atoms. The van der Waals surface area contributed by atoms with Crippen LogP contribution in [0.3, 0.4) is 0 Å². The molecule has 0 saturated heterocycles. The van der Waals surface area contributed by atoms with Crippen LogP contribution in [0, 0.1) is 11.8 Å². The van der Waals surface area contributed by atoms with Gasteiger partial charge in [-0.25, -0.2) is 0 Å². The molecule has 0 amide bonds. The van der Waals surface area contributed by atoms with Crippen molar-refractivity contribution in [3.63, 3.8) is 0 Å². The summed E-state index contributed by atoms with van der Waals surface area (Å²) in [5.41, 5.74) is 11.5. The van der Waals surface area contributed by atoms with Gasteiger partial charge >= 0.3 is 0 Å². The molecule has 0 N–H and O–H groups in total. The maximum atomic E-state index is 6.60. The summed E-state index contributed by atoms with van der Waals surface area (Å²) in [5.74, 6) is 7.59. The smallest absolute Gasteiger partial charge is 0.145 e. The predicted molar refractivity (Wildman–Crippen MR) is 211 cm³/mol. The van der Waals surface area contributed by atoms with Gasteiger partial charge in [-0.2, -0.15) is 0 Å². The van der Waals surface area contributed by atoms with Crippen LogP contribution in [0.15, 0.2) is 180 Å². The molecule has 0 bridgehead atoms. The summed E-state index contributed by atoms with van der Waals surface area (Å²) >= 11 is 0. The molecule has 236 valence electrons. The fraction of sp³-hybridized carbons (Fsp3) is 0.0204. The van der Waals surface area contributed by atoms with E-state index >= 15 is 0 Å². The first kappa shape index (κ1) is 28.1. The van der Waals surface area contributed by atoms with Crippen LogP contribution in [0.2, 0.25) is 0 Å². The molecule has 0 aliphatic heterocycles. The van der Waals surface area contributed by atoms with E-state index in [0.29, 0.717) is 0 Å². The molecule has 0 fully saturated rings. The fourth-order valence-electron chi connectivity index (χ4n) is 8.56. The Hall–Kier alpha value is -6.82. The lowest BCUT2D eigenvalue weighted by Crippen LogP contribution is -2.25. The molecule has 1 unspecified atom stereocenters. The Morgan fingerprint density at radius 3 is 2.16 bits per heavy atom. The van der Waals surface area contributed by atoms with Crippen LogP contribution < -0.4 is 0 Å². The molecule has 2 aromatic heterocycles. The number of para-hydroxylation sites is 2. The lowest BCUT2D eigenvalue weighted by molar-refractivity contribution is 0.673. The molecule has 1 atom stereocenters. The first-order valence-corrected chi connectivity index (χ1v) is 17.4. The second kappa shape index (κ2) is 10.6. The molecule has 11 rings (SSSR count). The Balaban J connectivity index is 1.20. The highest BCUT2D eigenvalue weighted by molar-refractivity contribution is 6.23. The Morgan fingerprint density at radius 1 is 0.490 bits per heavy atom. The van der Waals surface area contributed by atoms with E-state index in [-0.39, 0.29) is 0 Å². The maximum Gasteiger partial charge on any atom is 0.145 e. The summed E-state index contributed by atoms with van der Waals surface area (Å²) in [7, 11) is 0. The summed E-state index contributed by atoms with van der Waals surface area (Å²) in [6.45, 7) is 0. The summed E-state index contributed by atoms with van der Waals surface area (Å²) < 4.78 is 9.00. The van der Waals surface area contributed by atoms with Crippen molar-refractivity contribution in [1.82, 2.24) is 4.57 Å². The minimum Gasteiger partial charge on any atom is -0.455 e. The summed E-state index contributed by atoms with van der Waals surface area (Å²) in [6.07, 6.45) is 0. The molecule has 8 aromatic carbocycles. The van der Waals surface area contributed by atoms with E-state index in [1.165, 1.54) is 38.4 Å². The maximum absolute atomic E-state index is 6.60. The zero-order valence-corrected chi connectivity index (χ0v) is 27.6. The fourth-order valence-corrected chi connectivity index (χ4v) is 8.56. The van der Waals surface area contributed by atoms with Crippen molar-refractivity contribution in [3.05, 3.63) is 198 Å². The average Bonchev–Trinajstić information content (AvgIpc) is 3.83. The zero-order chi connectivity index (χ0) is 33.5. The largest absolute Gasteiger partial charge is 0.455 e. The van der Waals surface area contributed by atoms with Crippen molar-refractivity contribution in [3.8, 4) is 28.7 Å². The normalized spacial score (nSPS) is 15.0. The van der Waals surface area contributed by atoms with Gasteiger partial charge in [0.1, 0.15) is 16.6 Å². The number of benzene rings is 8. The Morgan fingerprint density at radius 2 is 1.24 bits per heavy atom. The van der Waals surface area contributed by atoms with Crippen LogP contribution >= 0.6 is 0 Å². The number of nitrogens with zero attached hydrogens (tertiary/aromatic N) is 1. The van der Waals surface area contributed by atoms with Crippen molar-refractivity contribution in [2.75, 3.05) is 0 Å². The van der Waals surface area contributed by atoms with Gasteiger partial charge in [0.25, 0.3) is 0 Å². The first-order chi connectivity index (χ1) is 25.3. The number of aromatic nitrogens is 1. The highest BCUT2D eigenvalue weighted by Gasteiger charge is 2.44. The number of fused-ring (bicyclic) bond motifs is 11. The Kier molecular flexibility index (Phi) is 5.83. The van der Waals surface area contributed by atoms with Gasteiger partial charge in [0.15, 0.2) is 0 Å². The van der Waals surface area contributed by atoms with E-state index in [1.54, 1.807) is 0 Å². The van der Waals surface area contributed by atoms with Gasteiger partial charge in [0.2, 0.25) is 0 Å². The zero-order valence-electron chi connectivity index (χ0n) is 27.6. The second-order valence-electron chi connectivity index (χ2n) is 13.5. The lowest BCUT2D eigenvalue weighted by atomic mass is 9.73. The van der Waals surface area contributed by atoms with E-state index < -0.39 is 5.41 Å². The molecule has 0 saturated carbocycles. The Labute approximate surface area is 294 Å². The van der Waals surface area contributed by atoms with Crippen molar-refractivity contribution < 1.29 is 4.42 Å².